The first-order chi connectivity index (χ1) is 8.55. The Bertz CT molecular complexity index is 372. The van der Waals surface area contributed by atoms with Crippen LogP contribution in [0, 0.1) is 13.8 Å². The van der Waals surface area contributed by atoms with E-state index in [4.69, 9.17) is 4.52 Å². The molecule has 102 valence electrons. The predicted octanol–water partition coefficient (Wildman–Crippen LogP) is 2.26. The molecule has 1 saturated carbocycles. The molecule has 0 amide bonds. The molecule has 1 aliphatic rings. The Morgan fingerprint density at radius 3 is 2.44 bits per heavy atom. The van der Waals surface area contributed by atoms with E-state index in [0.29, 0.717) is 5.54 Å². The molecule has 2 rings (SSSR count). The van der Waals surface area contributed by atoms with Crippen molar-refractivity contribution < 1.29 is 4.52 Å². The van der Waals surface area contributed by atoms with Gasteiger partial charge in [0.25, 0.3) is 0 Å². The summed E-state index contributed by atoms with van der Waals surface area (Å²) in [7, 11) is 4.39. The van der Waals surface area contributed by atoms with E-state index < -0.39 is 0 Å². The molecule has 0 saturated heterocycles. The minimum Gasteiger partial charge on any atom is -0.361 e. The van der Waals surface area contributed by atoms with Gasteiger partial charge in [-0.2, -0.15) is 0 Å². The van der Waals surface area contributed by atoms with E-state index in [0.717, 1.165) is 24.5 Å². The molecular formula is C14H25N3O. The number of nitrogens with zero attached hydrogens (tertiary/aromatic N) is 2. The lowest BCUT2D eigenvalue weighted by atomic mass is 9.96. The van der Waals surface area contributed by atoms with Gasteiger partial charge in [-0.05, 0) is 40.8 Å². The Labute approximate surface area is 110 Å². The van der Waals surface area contributed by atoms with Crippen molar-refractivity contribution in [3.05, 3.63) is 17.0 Å². The van der Waals surface area contributed by atoms with E-state index in [9.17, 15) is 0 Å². The molecule has 18 heavy (non-hydrogen) atoms. The van der Waals surface area contributed by atoms with Crippen molar-refractivity contribution >= 4 is 0 Å². The summed E-state index contributed by atoms with van der Waals surface area (Å²) < 4.78 is 5.19. The van der Waals surface area contributed by atoms with Crippen LogP contribution < -0.4 is 5.32 Å². The fourth-order valence-corrected chi connectivity index (χ4v) is 2.99. The van der Waals surface area contributed by atoms with Crippen LogP contribution in [0.15, 0.2) is 4.52 Å². The number of rotatable bonds is 5. The van der Waals surface area contributed by atoms with Gasteiger partial charge < -0.3 is 14.7 Å². The number of aromatic nitrogens is 1. The van der Waals surface area contributed by atoms with Gasteiger partial charge in [-0.15, -0.1) is 0 Å². The highest BCUT2D eigenvalue weighted by molar-refractivity contribution is 5.20. The van der Waals surface area contributed by atoms with Crippen LogP contribution in [0.1, 0.15) is 42.7 Å². The number of nitrogens with one attached hydrogen (secondary N) is 1. The molecule has 1 N–H and O–H groups in total. The average molecular weight is 251 g/mol. The normalized spacial score (nSPS) is 18.7. The molecule has 4 nitrogen and oxygen atoms in total. The zero-order valence-electron chi connectivity index (χ0n) is 12.0. The van der Waals surface area contributed by atoms with Crippen LogP contribution in [-0.4, -0.2) is 36.2 Å². The van der Waals surface area contributed by atoms with Gasteiger partial charge in [0.2, 0.25) is 0 Å². The SMILES string of the molecule is Cc1noc(C)c1CNCC1(N(C)C)CCCC1. The summed E-state index contributed by atoms with van der Waals surface area (Å²) in [6, 6.07) is 0. The third kappa shape index (κ3) is 2.59. The van der Waals surface area contributed by atoms with Gasteiger partial charge in [0.05, 0.1) is 5.69 Å². The maximum atomic E-state index is 5.19. The molecule has 0 atom stereocenters. The minimum absolute atomic E-state index is 0.346. The monoisotopic (exact) mass is 251 g/mol. The number of hydrogen-bond acceptors (Lipinski definition) is 4. The minimum atomic E-state index is 0.346. The van der Waals surface area contributed by atoms with Crippen molar-refractivity contribution in [2.75, 3.05) is 20.6 Å². The first-order valence-electron chi connectivity index (χ1n) is 6.85. The van der Waals surface area contributed by atoms with Crippen molar-refractivity contribution in [2.24, 2.45) is 0 Å². The highest BCUT2D eigenvalue weighted by atomic mass is 16.5. The zero-order valence-corrected chi connectivity index (χ0v) is 12.0. The van der Waals surface area contributed by atoms with Crippen LogP contribution in [0.2, 0.25) is 0 Å². The van der Waals surface area contributed by atoms with Gasteiger partial charge >= 0.3 is 0 Å². The summed E-state index contributed by atoms with van der Waals surface area (Å²) in [5.41, 5.74) is 2.56. The van der Waals surface area contributed by atoms with Gasteiger partial charge in [-0.1, -0.05) is 18.0 Å². The molecule has 0 aliphatic heterocycles. The first-order valence-corrected chi connectivity index (χ1v) is 6.85. The quantitative estimate of drug-likeness (QED) is 0.871. The Morgan fingerprint density at radius 1 is 1.28 bits per heavy atom. The Hall–Kier alpha value is -0.870. The second kappa shape index (κ2) is 5.41. The molecule has 1 heterocycles. The maximum Gasteiger partial charge on any atom is 0.138 e. The largest absolute Gasteiger partial charge is 0.361 e. The summed E-state index contributed by atoms with van der Waals surface area (Å²) in [4.78, 5) is 2.39. The third-order valence-corrected chi connectivity index (χ3v) is 4.42. The lowest BCUT2D eigenvalue weighted by molar-refractivity contribution is 0.153. The number of hydrogen-bond donors (Lipinski definition) is 1. The standard InChI is InChI=1S/C14H25N3O/c1-11-13(12(2)18-16-11)9-15-10-14(17(3)4)7-5-6-8-14/h15H,5-10H2,1-4H3. The molecule has 0 aromatic carbocycles. The van der Waals surface area contributed by atoms with Crippen molar-refractivity contribution in [3.63, 3.8) is 0 Å². The molecule has 0 radical (unpaired) electrons. The smallest absolute Gasteiger partial charge is 0.138 e. The molecule has 0 bridgehead atoms. The molecule has 1 aromatic heterocycles. The Balaban J connectivity index is 1.91. The van der Waals surface area contributed by atoms with Crippen LogP contribution in [0.3, 0.4) is 0 Å². The summed E-state index contributed by atoms with van der Waals surface area (Å²) in [5.74, 6) is 0.935. The van der Waals surface area contributed by atoms with E-state index in [1.807, 2.05) is 13.8 Å². The van der Waals surface area contributed by atoms with Gasteiger partial charge in [0.1, 0.15) is 5.76 Å². The highest BCUT2D eigenvalue weighted by Gasteiger charge is 2.35. The third-order valence-electron chi connectivity index (χ3n) is 4.42. The first kappa shape index (κ1) is 13.6. The van der Waals surface area contributed by atoms with Gasteiger partial charge in [0, 0.05) is 24.2 Å². The molecule has 1 aliphatic carbocycles. The van der Waals surface area contributed by atoms with Gasteiger partial charge in [-0.25, -0.2) is 0 Å². The Kier molecular flexibility index (Phi) is 4.07. The summed E-state index contributed by atoms with van der Waals surface area (Å²) >= 11 is 0. The lowest BCUT2D eigenvalue weighted by Gasteiger charge is -2.36. The van der Waals surface area contributed by atoms with Crippen LogP contribution in [-0.2, 0) is 6.54 Å². The van der Waals surface area contributed by atoms with Crippen molar-refractivity contribution in [2.45, 2.75) is 51.6 Å². The van der Waals surface area contributed by atoms with E-state index in [1.165, 1.54) is 31.2 Å². The zero-order chi connectivity index (χ0) is 13.2. The van der Waals surface area contributed by atoms with Crippen molar-refractivity contribution in [3.8, 4) is 0 Å². The number of likely N-dealkylation sites (N-methyl/N-ethyl adjacent to an activating group) is 1. The second-order valence-corrected chi connectivity index (χ2v) is 5.73. The van der Waals surface area contributed by atoms with Crippen molar-refractivity contribution in [1.82, 2.24) is 15.4 Å². The molecule has 1 fully saturated rings. The topological polar surface area (TPSA) is 41.3 Å². The fourth-order valence-electron chi connectivity index (χ4n) is 2.99. The van der Waals surface area contributed by atoms with Crippen LogP contribution in [0.4, 0.5) is 0 Å². The van der Waals surface area contributed by atoms with Crippen molar-refractivity contribution in [1.29, 1.82) is 0 Å². The predicted molar refractivity (Wildman–Crippen MR) is 72.6 cm³/mol. The number of aryl methyl sites for hydroxylation is 2. The maximum absolute atomic E-state index is 5.19. The second-order valence-electron chi connectivity index (χ2n) is 5.73. The van der Waals surface area contributed by atoms with Crippen LogP contribution in [0.25, 0.3) is 0 Å². The van der Waals surface area contributed by atoms with Gasteiger partial charge in [-0.3, -0.25) is 0 Å². The van der Waals surface area contributed by atoms with Crippen LogP contribution >= 0.6 is 0 Å². The van der Waals surface area contributed by atoms with E-state index in [2.05, 4.69) is 29.5 Å². The summed E-state index contributed by atoms with van der Waals surface area (Å²) in [6.07, 6.45) is 5.31. The molecular weight excluding hydrogens is 226 g/mol. The van der Waals surface area contributed by atoms with E-state index in [-0.39, 0.29) is 0 Å². The fraction of sp³-hybridized carbons (Fsp3) is 0.786. The summed E-state index contributed by atoms with van der Waals surface area (Å²) in [6.45, 7) is 5.89. The molecule has 0 unspecified atom stereocenters. The van der Waals surface area contributed by atoms with Gasteiger partial charge in [0.15, 0.2) is 0 Å². The van der Waals surface area contributed by atoms with E-state index >= 15 is 0 Å². The highest BCUT2D eigenvalue weighted by Crippen LogP contribution is 2.33. The Morgan fingerprint density at radius 2 is 1.94 bits per heavy atom. The lowest BCUT2D eigenvalue weighted by Crippen LogP contribution is -2.49. The van der Waals surface area contributed by atoms with Crippen LogP contribution in [0.5, 0.6) is 0 Å². The van der Waals surface area contributed by atoms with E-state index in [1.54, 1.807) is 0 Å². The summed E-state index contributed by atoms with van der Waals surface area (Å²) in [5, 5.41) is 7.59. The molecule has 1 aromatic rings. The average Bonchev–Trinajstić information content (AvgIpc) is 2.91. The molecule has 4 heteroatoms. The molecule has 0 spiro atoms.